The van der Waals surface area contributed by atoms with E-state index < -0.39 is 29.1 Å². The van der Waals surface area contributed by atoms with Crippen LogP contribution in [0.3, 0.4) is 0 Å². The second kappa shape index (κ2) is 6.39. The van der Waals surface area contributed by atoms with Crippen LogP contribution in [-0.4, -0.2) is 17.8 Å². The molecule has 2 rings (SSSR count). The molecule has 1 aromatic rings. The summed E-state index contributed by atoms with van der Waals surface area (Å²) in [6.07, 6.45) is 2.50. The van der Waals surface area contributed by atoms with E-state index in [1.807, 2.05) is 0 Å². The van der Waals surface area contributed by atoms with Gasteiger partial charge in [0.05, 0.1) is 17.8 Å². The Bertz CT molecular complexity index is 408. The summed E-state index contributed by atoms with van der Waals surface area (Å²) in [6.45, 7) is 0.694. The first-order chi connectivity index (χ1) is 9.08. The lowest BCUT2D eigenvalue weighted by atomic mass is 9.98. The van der Waals surface area contributed by atoms with Crippen molar-refractivity contribution in [2.24, 2.45) is 0 Å². The fourth-order valence-corrected chi connectivity index (χ4v) is 2.39. The maximum Gasteiger partial charge on any atom is 0.134 e. The van der Waals surface area contributed by atoms with Gasteiger partial charge in [0.25, 0.3) is 0 Å². The molecule has 2 unspecified atom stereocenters. The normalized spacial score (nSPS) is 21.4. The summed E-state index contributed by atoms with van der Waals surface area (Å²) in [5.74, 6) is -3.08. The van der Waals surface area contributed by atoms with Crippen molar-refractivity contribution < 1.29 is 23.0 Å². The van der Waals surface area contributed by atoms with Gasteiger partial charge in [0.1, 0.15) is 17.5 Å². The Kier molecular flexibility index (Phi) is 4.82. The summed E-state index contributed by atoms with van der Waals surface area (Å²) in [5.41, 5.74) is -0.461. The lowest BCUT2D eigenvalue weighted by Gasteiger charge is -2.23. The van der Waals surface area contributed by atoms with Gasteiger partial charge in [-0.2, -0.15) is 0 Å². The fraction of sp³-hybridized carbons (Fsp3) is 0.571. The molecule has 1 saturated heterocycles. The van der Waals surface area contributed by atoms with E-state index in [1.165, 1.54) is 0 Å². The van der Waals surface area contributed by atoms with E-state index in [9.17, 15) is 18.3 Å². The first-order valence-electron chi connectivity index (χ1n) is 6.52. The summed E-state index contributed by atoms with van der Waals surface area (Å²) >= 11 is 0. The molecule has 1 aliphatic rings. The lowest BCUT2D eigenvalue weighted by molar-refractivity contribution is 0.00164. The summed E-state index contributed by atoms with van der Waals surface area (Å²) in [4.78, 5) is 0. The molecule has 0 spiro atoms. The van der Waals surface area contributed by atoms with Gasteiger partial charge in [-0.1, -0.05) is 0 Å². The third-order valence-corrected chi connectivity index (χ3v) is 3.41. The van der Waals surface area contributed by atoms with Crippen molar-refractivity contribution in [3.63, 3.8) is 0 Å². The molecule has 1 fully saturated rings. The SMILES string of the molecule is OC(CCC1CCCCO1)c1c(F)cc(F)cc1F. The Hall–Kier alpha value is -1.07. The summed E-state index contributed by atoms with van der Waals surface area (Å²) in [6, 6.07) is 1.16. The zero-order valence-electron chi connectivity index (χ0n) is 10.5. The number of rotatable bonds is 4. The highest BCUT2D eigenvalue weighted by molar-refractivity contribution is 5.23. The number of aliphatic hydroxyl groups is 1. The van der Waals surface area contributed by atoms with E-state index in [0.29, 0.717) is 25.2 Å². The van der Waals surface area contributed by atoms with E-state index in [4.69, 9.17) is 4.74 Å². The van der Waals surface area contributed by atoms with E-state index >= 15 is 0 Å². The minimum Gasteiger partial charge on any atom is -0.388 e. The Labute approximate surface area is 110 Å². The zero-order valence-corrected chi connectivity index (χ0v) is 10.5. The number of hydrogen-bond donors (Lipinski definition) is 1. The lowest BCUT2D eigenvalue weighted by Crippen LogP contribution is -2.20. The van der Waals surface area contributed by atoms with E-state index in [2.05, 4.69) is 0 Å². The molecule has 106 valence electrons. The molecule has 0 amide bonds. The van der Waals surface area contributed by atoms with Crippen molar-refractivity contribution in [3.05, 3.63) is 35.1 Å². The third-order valence-electron chi connectivity index (χ3n) is 3.41. The minimum atomic E-state index is -1.27. The van der Waals surface area contributed by atoms with Gasteiger partial charge >= 0.3 is 0 Å². The third kappa shape index (κ3) is 3.70. The highest BCUT2D eigenvalue weighted by Crippen LogP contribution is 2.27. The first kappa shape index (κ1) is 14.3. The van der Waals surface area contributed by atoms with Gasteiger partial charge in [0.15, 0.2) is 0 Å². The average Bonchev–Trinajstić information content (AvgIpc) is 2.36. The van der Waals surface area contributed by atoms with Crippen LogP contribution >= 0.6 is 0 Å². The molecule has 2 nitrogen and oxygen atoms in total. The summed E-state index contributed by atoms with van der Waals surface area (Å²) < 4.78 is 45.2. The van der Waals surface area contributed by atoms with Crippen LogP contribution in [0.4, 0.5) is 13.2 Å². The number of benzene rings is 1. The van der Waals surface area contributed by atoms with Crippen LogP contribution in [-0.2, 0) is 4.74 Å². The summed E-state index contributed by atoms with van der Waals surface area (Å²) in [7, 11) is 0. The molecule has 0 aliphatic carbocycles. The van der Waals surface area contributed by atoms with Crippen LogP contribution in [0.2, 0.25) is 0 Å². The molecule has 0 aromatic heterocycles. The molecular formula is C14H17F3O2. The van der Waals surface area contributed by atoms with Gasteiger partial charge in [0, 0.05) is 18.7 Å². The van der Waals surface area contributed by atoms with Crippen LogP contribution in [0.15, 0.2) is 12.1 Å². The molecular weight excluding hydrogens is 257 g/mol. The predicted molar refractivity (Wildman–Crippen MR) is 64.1 cm³/mol. The number of halogens is 3. The second-order valence-electron chi connectivity index (χ2n) is 4.86. The van der Waals surface area contributed by atoms with Crippen molar-refractivity contribution in [2.45, 2.75) is 44.3 Å². The Morgan fingerprint density at radius 3 is 2.47 bits per heavy atom. The van der Waals surface area contributed by atoms with Gasteiger partial charge in [-0.25, -0.2) is 13.2 Å². The smallest absolute Gasteiger partial charge is 0.134 e. The predicted octanol–water partition coefficient (Wildman–Crippen LogP) is 3.49. The minimum absolute atomic E-state index is 0.0370. The summed E-state index contributed by atoms with van der Waals surface area (Å²) in [5, 5.41) is 9.85. The van der Waals surface area contributed by atoms with Crippen molar-refractivity contribution in [1.82, 2.24) is 0 Å². The van der Waals surface area contributed by atoms with Crippen LogP contribution in [0.25, 0.3) is 0 Å². The first-order valence-corrected chi connectivity index (χ1v) is 6.52. The largest absolute Gasteiger partial charge is 0.388 e. The van der Waals surface area contributed by atoms with Gasteiger partial charge < -0.3 is 9.84 Å². The van der Waals surface area contributed by atoms with E-state index in [0.717, 1.165) is 19.3 Å². The van der Waals surface area contributed by atoms with E-state index in [-0.39, 0.29) is 12.5 Å². The monoisotopic (exact) mass is 274 g/mol. The number of hydrogen-bond acceptors (Lipinski definition) is 2. The molecule has 2 atom stereocenters. The second-order valence-corrected chi connectivity index (χ2v) is 4.86. The molecule has 19 heavy (non-hydrogen) atoms. The maximum absolute atomic E-state index is 13.5. The van der Waals surface area contributed by atoms with Gasteiger partial charge in [-0.15, -0.1) is 0 Å². The molecule has 1 N–H and O–H groups in total. The van der Waals surface area contributed by atoms with Crippen molar-refractivity contribution in [1.29, 1.82) is 0 Å². The number of aliphatic hydroxyl groups excluding tert-OH is 1. The molecule has 1 aliphatic heterocycles. The van der Waals surface area contributed by atoms with Crippen LogP contribution < -0.4 is 0 Å². The molecule has 1 aromatic carbocycles. The van der Waals surface area contributed by atoms with Crippen LogP contribution in [0.1, 0.15) is 43.8 Å². The maximum atomic E-state index is 13.5. The Morgan fingerprint density at radius 2 is 1.89 bits per heavy atom. The quantitative estimate of drug-likeness (QED) is 0.910. The van der Waals surface area contributed by atoms with Crippen molar-refractivity contribution in [2.75, 3.05) is 6.61 Å². The standard InChI is InChI=1S/C14H17F3O2/c15-9-7-11(16)14(12(17)8-9)13(18)5-4-10-3-1-2-6-19-10/h7-8,10,13,18H,1-6H2. The van der Waals surface area contributed by atoms with Crippen LogP contribution in [0.5, 0.6) is 0 Å². The molecule has 5 heteroatoms. The highest BCUT2D eigenvalue weighted by atomic mass is 19.1. The van der Waals surface area contributed by atoms with Gasteiger partial charge in [-0.05, 0) is 32.1 Å². The van der Waals surface area contributed by atoms with Crippen molar-refractivity contribution >= 4 is 0 Å². The molecule has 1 heterocycles. The number of ether oxygens (including phenoxy) is 1. The van der Waals surface area contributed by atoms with Gasteiger partial charge in [-0.3, -0.25) is 0 Å². The molecule has 0 bridgehead atoms. The van der Waals surface area contributed by atoms with Gasteiger partial charge in [0.2, 0.25) is 0 Å². The molecule has 0 radical (unpaired) electrons. The van der Waals surface area contributed by atoms with E-state index in [1.54, 1.807) is 0 Å². The fourth-order valence-electron chi connectivity index (χ4n) is 2.39. The molecule has 0 saturated carbocycles. The van der Waals surface area contributed by atoms with Crippen molar-refractivity contribution in [3.8, 4) is 0 Å². The highest BCUT2D eigenvalue weighted by Gasteiger charge is 2.22. The topological polar surface area (TPSA) is 29.5 Å². The average molecular weight is 274 g/mol. The Balaban J connectivity index is 1.97. The zero-order chi connectivity index (χ0) is 13.8. The van der Waals surface area contributed by atoms with Crippen LogP contribution in [0, 0.1) is 17.5 Å². The Morgan fingerprint density at radius 1 is 1.21 bits per heavy atom.